The number of nitrogens with zero attached hydrogens (tertiary/aromatic N) is 1. The molecule has 2 N–H and O–H groups in total. The van der Waals surface area contributed by atoms with Crippen LogP contribution in [0.4, 0.5) is 4.79 Å². The number of esters is 1. The van der Waals surface area contributed by atoms with Crippen LogP contribution in [0.25, 0.3) is 5.57 Å². The summed E-state index contributed by atoms with van der Waals surface area (Å²) in [7, 11) is 0. The maximum Gasteiger partial charge on any atom is 0.338 e. The summed E-state index contributed by atoms with van der Waals surface area (Å²) in [6, 6.07) is 16.5. The average molecular weight is 452 g/mol. The van der Waals surface area contributed by atoms with Gasteiger partial charge in [-0.1, -0.05) is 66.2 Å². The number of rotatable bonds is 6. The van der Waals surface area contributed by atoms with Crippen LogP contribution in [0.2, 0.25) is 5.02 Å². The molecule has 7 heteroatoms. The van der Waals surface area contributed by atoms with Crippen molar-refractivity contribution < 1.29 is 14.3 Å². The van der Waals surface area contributed by atoms with E-state index in [9.17, 15) is 9.59 Å². The molecule has 0 radical (unpaired) electrons. The smallest absolute Gasteiger partial charge is 0.338 e. The second kappa shape index (κ2) is 10.0. The lowest BCUT2D eigenvalue weighted by atomic mass is 9.94. The Labute approximate surface area is 192 Å². The number of amides is 2. The van der Waals surface area contributed by atoms with Gasteiger partial charge in [0.25, 0.3) is 0 Å². The summed E-state index contributed by atoms with van der Waals surface area (Å²) < 4.78 is 5.34. The molecule has 2 aliphatic heterocycles. The molecule has 0 spiro atoms. The summed E-state index contributed by atoms with van der Waals surface area (Å²) in [5.74, 6) is -0.461. The van der Waals surface area contributed by atoms with Gasteiger partial charge in [0, 0.05) is 30.4 Å². The second-order valence-electron chi connectivity index (χ2n) is 7.75. The lowest BCUT2D eigenvalue weighted by molar-refractivity contribution is -0.139. The Kier molecular flexibility index (Phi) is 6.93. The molecule has 0 bridgehead atoms. The highest BCUT2D eigenvalue weighted by Crippen LogP contribution is 2.33. The van der Waals surface area contributed by atoms with Crippen LogP contribution in [0.5, 0.6) is 0 Å². The zero-order valence-electron chi connectivity index (χ0n) is 17.9. The third-order valence-corrected chi connectivity index (χ3v) is 6.03. The summed E-state index contributed by atoms with van der Waals surface area (Å²) in [5, 5.41) is 6.15. The highest BCUT2D eigenvalue weighted by atomic mass is 35.5. The fourth-order valence-electron chi connectivity index (χ4n) is 4.13. The SMILES string of the molecule is CCOC(=O)C1=C(CN2CC=C(c3ccccc3)CC2)NC(=O)N[C@@H]1c1ccccc1Cl. The van der Waals surface area contributed by atoms with Crippen molar-refractivity contribution in [3.63, 3.8) is 0 Å². The first-order valence-electron chi connectivity index (χ1n) is 10.8. The largest absolute Gasteiger partial charge is 0.463 e. The molecule has 2 aliphatic rings. The molecule has 0 saturated heterocycles. The molecule has 0 aliphatic carbocycles. The van der Waals surface area contributed by atoms with Gasteiger partial charge in [0.1, 0.15) is 0 Å². The number of carbonyl (C=O) groups is 2. The normalized spacial score (nSPS) is 19.1. The van der Waals surface area contributed by atoms with E-state index < -0.39 is 12.0 Å². The molecule has 2 heterocycles. The number of ether oxygens (including phenoxy) is 1. The zero-order chi connectivity index (χ0) is 22.5. The van der Waals surface area contributed by atoms with E-state index >= 15 is 0 Å². The van der Waals surface area contributed by atoms with Crippen LogP contribution in [0.3, 0.4) is 0 Å². The summed E-state index contributed by atoms with van der Waals surface area (Å²) in [6.07, 6.45) is 3.10. The van der Waals surface area contributed by atoms with Gasteiger partial charge < -0.3 is 15.4 Å². The van der Waals surface area contributed by atoms with Crippen molar-refractivity contribution in [1.82, 2.24) is 15.5 Å². The molecule has 4 rings (SSSR count). The molecular weight excluding hydrogens is 426 g/mol. The zero-order valence-corrected chi connectivity index (χ0v) is 18.7. The average Bonchev–Trinajstić information content (AvgIpc) is 2.80. The van der Waals surface area contributed by atoms with Crippen molar-refractivity contribution in [2.24, 2.45) is 0 Å². The molecule has 1 atom stereocenters. The van der Waals surface area contributed by atoms with Gasteiger partial charge in [-0.05, 0) is 36.1 Å². The molecule has 2 amide bonds. The number of halogens is 1. The lowest BCUT2D eigenvalue weighted by Gasteiger charge is -2.33. The molecule has 0 unspecified atom stereocenters. The van der Waals surface area contributed by atoms with Crippen molar-refractivity contribution in [2.75, 3.05) is 26.2 Å². The Morgan fingerprint density at radius 2 is 1.91 bits per heavy atom. The molecule has 0 aromatic heterocycles. The summed E-state index contributed by atoms with van der Waals surface area (Å²) >= 11 is 6.40. The van der Waals surface area contributed by atoms with Crippen LogP contribution < -0.4 is 10.6 Å². The second-order valence-corrected chi connectivity index (χ2v) is 8.15. The molecule has 2 aromatic rings. The van der Waals surface area contributed by atoms with Crippen LogP contribution in [-0.4, -0.2) is 43.1 Å². The topological polar surface area (TPSA) is 70.7 Å². The van der Waals surface area contributed by atoms with E-state index in [1.54, 1.807) is 13.0 Å². The van der Waals surface area contributed by atoms with Gasteiger partial charge in [-0.3, -0.25) is 4.90 Å². The maximum atomic E-state index is 12.9. The van der Waals surface area contributed by atoms with E-state index in [-0.39, 0.29) is 12.6 Å². The van der Waals surface area contributed by atoms with Gasteiger partial charge in [-0.25, -0.2) is 9.59 Å². The number of carbonyl (C=O) groups excluding carboxylic acids is 2. The number of nitrogens with one attached hydrogen (secondary N) is 2. The minimum Gasteiger partial charge on any atom is -0.463 e. The minimum absolute atomic E-state index is 0.242. The standard InChI is InChI=1S/C25H26ClN3O3/c1-2-32-24(30)22-21(27-25(31)28-23(22)19-10-6-7-11-20(19)26)16-29-14-12-18(13-15-29)17-8-4-3-5-9-17/h3-12,23H,2,13-16H2,1H3,(H2,27,28,31)/t23-/m1/s1. The van der Waals surface area contributed by atoms with E-state index in [0.717, 1.165) is 19.5 Å². The third kappa shape index (κ3) is 4.87. The van der Waals surface area contributed by atoms with E-state index in [1.165, 1.54) is 11.1 Å². The van der Waals surface area contributed by atoms with Crippen LogP contribution in [0, 0.1) is 0 Å². The molecule has 0 saturated carbocycles. The predicted molar refractivity (Wildman–Crippen MR) is 125 cm³/mol. The van der Waals surface area contributed by atoms with E-state index in [0.29, 0.717) is 28.4 Å². The summed E-state index contributed by atoms with van der Waals surface area (Å²) in [6.45, 7) is 3.98. The van der Waals surface area contributed by atoms with Gasteiger partial charge >= 0.3 is 12.0 Å². The quantitative estimate of drug-likeness (QED) is 0.642. The van der Waals surface area contributed by atoms with Gasteiger partial charge in [-0.15, -0.1) is 0 Å². The first-order chi connectivity index (χ1) is 15.6. The number of hydrogen-bond donors (Lipinski definition) is 2. The van der Waals surface area contributed by atoms with Crippen molar-refractivity contribution in [3.8, 4) is 0 Å². The van der Waals surface area contributed by atoms with E-state index in [4.69, 9.17) is 16.3 Å². The molecule has 0 fully saturated rings. The van der Waals surface area contributed by atoms with Crippen molar-refractivity contribution >= 4 is 29.2 Å². The van der Waals surface area contributed by atoms with Crippen molar-refractivity contribution in [2.45, 2.75) is 19.4 Å². The molecular formula is C25H26ClN3O3. The van der Waals surface area contributed by atoms with E-state index in [1.807, 2.05) is 36.4 Å². The number of hydrogen-bond acceptors (Lipinski definition) is 4. The van der Waals surface area contributed by atoms with Crippen molar-refractivity contribution in [1.29, 1.82) is 0 Å². The first-order valence-corrected chi connectivity index (χ1v) is 11.1. The van der Waals surface area contributed by atoms with E-state index in [2.05, 4.69) is 33.7 Å². The molecule has 6 nitrogen and oxygen atoms in total. The fourth-order valence-corrected chi connectivity index (χ4v) is 4.37. The third-order valence-electron chi connectivity index (χ3n) is 5.68. The lowest BCUT2D eigenvalue weighted by Crippen LogP contribution is -2.49. The summed E-state index contributed by atoms with van der Waals surface area (Å²) in [5.41, 5.74) is 4.14. The van der Waals surface area contributed by atoms with Gasteiger partial charge in [0.2, 0.25) is 0 Å². The van der Waals surface area contributed by atoms with Crippen LogP contribution in [-0.2, 0) is 9.53 Å². The first kappa shape index (κ1) is 22.1. The Balaban J connectivity index is 1.62. The fraction of sp³-hybridized carbons (Fsp3) is 0.280. The Hall–Kier alpha value is -3.09. The highest BCUT2D eigenvalue weighted by Gasteiger charge is 2.35. The predicted octanol–water partition coefficient (Wildman–Crippen LogP) is 4.30. The van der Waals surface area contributed by atoms with Crippen LogP contribution in [0.1, 0.15) is 30.5 Å². The maximum absolute atomic E-state index is 12.9. The van der Waals surface area contributed by atoms with Crippen LogP contribution in [0.15, 0.2) is 71.9 Å². The molecule has 2 aromatic carbocycles. The monoisotopic (exact) mass is 451 g/mol. The Bertz CT molecular complexity index is 1070. The molecule has 166 valence electrons. The minimum atomic E-state index is -0.674. The summed E-state index contributed by atoms with van der Waals surface area (Å²) in [4.78, 5) is 27.6. The van der Waals surface area contributed by atoms with Crippen LogP contribution >= 0.6 is 11.6 Å². The molecule has 32 heavy (non-hydrogen) atoms. The van der Waals surface area contributed by atoms with Gasteiger partial charge in [0.15, 0.2) is 0 Å². The number of urea groups is 1. The van der Waals surface area contributed by atoms with Crippen molar-refractivity contribution in [3.05, 3.63) is 88.1 Å². The number of benzene rings is 2. The Morgan fingerprint density at radius 3 is 2.59 bits per heavy atom. The van der Waals surface area contributed by atoms with Gasteiger partial charge in [0.05, 0.1) is 18.2 Å². The Morgan fingerprint density at radius 1 is 1.16 bits per heavy atom. The van der Waals surface area contributed by atoms with Gasteiger partial charge in [-0.2, -0.15) is 0 Å². The highest BCUT2D eigenvalue weighted by molar-refractivity contribution is 6.31.